The number of nitrogens with one attached hydrogen (secondary N) is 1. The van der Waals surface area contributed by atoms with E-state index in [1.54, 1.807) is 17.0 Å². The van der Waals surface area contributed by atoms with E-state index in [1.165, 1.54) is 6.26 Å². The lowest BCUT2D eigenvalue weighted by Gasteiger charge is -2.21. The molecule has 1 saturated carbocycles. The van der Waals surface area contributed by atoms with E-state index in [1.807, 2.05) is 72.3 Å². The number of furan rings is 1. The van der Waals surface area contributed by atoms with Gasteiger partial charge < -0.3 is 9.32 Å². The lowest BCUT2D eigenvalue weighted by atomic mass is 10.2. The Morgan fingerprint density at radius 1 is 1.06 bits per heavy atom. The summed E-state index contributed by atoms with van der Waals surface area (Å²) in [5.74, 6) is 0.495. The van der Waals surface area contributed by atoms with Crippen molar-refractivity contribution in [3.8, 4) is 16.9 Å². The fraction of sp³-hybridized carbons (Fsp3) is 0.222. The van der Waals surface area contributed by atoms with Gasteiger partial charge in [-0.1, -0.05) is 48.0 Å². The molecule has 2 heterocycles. The zero-order chi connectivity index (χ0) is 23.5. The minimum Gasteiger partial charge on any atom is -0.459 e. The van der Waals surface area contributed by atoms with Crippen molar-refractivity contribution in [2.24, 2.45) is 5.92 Å². The zero-order valence-electron chi connectivity index (χ0n) is 19.0. The molecule has 2 aromatic carbocycles. The Morgan fingerprint density at radius 2 is 1.82 bits per heavy atom. The average molecular weight is 455 g/mol. The maximum absolute atomic E-state index is 13.1. The van der Waals surface area contributed by atoms with E-state index in [2.05, 4.69) is 5.32 Å². The van der Waals surface area contributed by atoms with Crippen LogP contribution in [-0.4, -0.2) is 39.4 Å². The smallest absolute Gasteiger partial charge is 0.290 e. The predicted molar refractivity (Wildman–Crippen MR) is 130 cm³/mol. The molecule has 4 aromatic rings. The average Bonchev–Trinajstić information content (AvgIpc) is 3.32. The van der Waals surface area contributed by atoms with Crippen LogP contribution in [0.25, 0.3) is 16.9 Å². The predicted octanol–water partition coefficient (Wildman–Crippen LogP) is 4.93. The summed E-state index contributed by atoms with van der Waals surface area (Å²) in [4.78, 5) is 32.3. The van der Waals surface area contributed by atoms with Crippen LogP contribution in [0.15, 0.2) is 83.6 Å². The number of amides is 2. The molecule has 1 aliphatic rings. The molecule has 0 bridgehead atoms. The zero-order valence-corrected chi connectivity index (χ0v) is 19.0. The second kappa shape index (κ2) is 9.39. The van der Waals surface area contributed by atoms with Crippen molar-refractivity contribution >= 4 is 17.8 Å². The number of aromatic nitrogens is 2. The summed E-state index contributed by atoms with van der Waals surface area (Å²) in [7, 11) is 0. The van der Waals surface area contributed by atoms with Crippen molar-refractivity contribution in [3.05, 3.63) is 90.5 Å². The standard InChI is InChI=1S/C27H26N4O3/c1-19-9-13-22(14-10-19)31-17-23(21-6-3-2-4-7-21)28-27(31)29-25(32)18-30(16-20-11-12-20)26(33)24-8-5-15-34-24/h2-10,13-15,17,20H,11-12,16,18H2,1H3,(H,28,29,32). The van der Waals surface area contributed by atoms with Crippen molar-refractivity contribution in [3.63, 3.8) is 0 Å². The highest BCUT2D eigenvalue weighted by atomic mass is 16.3. The second-order valence-electron chi connectivity index (χ2n) is 8.68. The summed E-state index contributed by atoms with van der Waals surface area (Å²) >= 11 is 0. The molecule has 2 aromatic heterocycles. The molecular formula is C27H26N4O3. The Morgan fingerprint density at radius 3 is 2.50 bits per heavy atom. The molecule has 5 rings (SSSR count). The van der Waals surface area contributed by atoms with E-state index in [4.69, 9.17) is 9.40 Å². The highest BCUT2D eigenvalue weighted by Gasteiger charge is 2.30. The van der Waals surface area contributed by atoms with Crippen molar-refractivity contribution in [2.75, 3.05) is 18.4 Å². The van der Waals surface area contributed by atoms with E-state index in [-0.39, 0.29) is 24.1 Å². The van der Waals surface area contributed by atoms with Gasteiger partial charge in [0.15, 0.2) is 5.76 Å². The number of hydrogen-bond donors (Lipinski definition) is 1. The van der Waals surface area contributed by atoms with Gasteiger partial charge >= 0.3 is 0 Å². The van der Waals surface area contributed by atoms with Gasteiger partial charge in [-0.15, -0.1) is 0 Å². The number of benzene rings is 2. The molecule has 34 heavy (non-hydrogen) atoms. The van der Waals surface area contributed by atoms with E-state index < -0.39 is 0 Å². The summed E-state index contributed by atoms with van der Waals surface area (Å²) in [6.07, 6.45) is 5.52. The van der Waals surface area contributed by atoms with Crippen LogP contribution in [0.5, 0.6) is 0 Å². The molecule has 7 nitrogen and oxygen atoms in total. The Hall–Kier alpha value is -4.13. The molecule has 1 fully saturated rings. The van der Waals surface area contributed by atoms with Crippen LogP contribution in [0.2, 0.25) is 0 Å². The monoisotopic (exact) mass is 454 g/mol. The summed E-state index contributed by atoms with van der Waals surface area (Å²) in [6.45, 7) is 2.49. The minimum absolute atomic E-state index is 0.0720. The Bertz CT molecular complexity index is 1270. The van der Waals surface area contributed by atoms with Gasteiger partial charge in [0.25, 0.3) is 5.91 Å². The number of nitrogens with zero attached hydrogens (tertiary/aromatic N) is 3. The molecule has 0 radical (unpaired) electrons. The van der Waals surface area contributed by atoms with Gasteiger partial charge in [0.05, 0.1) is 12.0 Å². The van der Waals surface area contributed by atoms with Gasteiger partial charge in [-0.25, -0.2) is 4.98 Å². The maximum atomic E-state index is 13.1. The molecule has 0 unspecified atom stereocenters. The normalized spacial score (nSPS) is 13.0. The largest absolute Gasteiger partial charge is 0.459 e. The SMILES string of the molecule is Cc1ccc(-n2cc(-c3ccccc3)nc2NC(=O)CN(CC2CC2)C(=O)c2ccco2)cc1. The first-order valence-corrected chi connectivity index (χ1v) is 11.4. The van der Waals surface area contributed by atoms with E-state index in [0.29, 0.717) is 18.4 Å². The molecule has 7 heteroatoms. The van der Waals surface area contributed by atoms with Crippen LogP contribution in [-0.2, 0) is 4.79 Å². The first kappa shape index (κ1) is 21.7. The third-order valence-corrected chi connectivity index (χ3v) is 5.87. The second-order valence-corrected chi connectivity index (χ2v) is 8.68. The minimum atomic E-state index is -0.306. The Kier molecular flexibility index (Phi) is 5.99. The van der Waals surface area contributed by atoms with Crippen molar-refractivity contribution in [1.29, 1.82) is 0 Å². The number of imidazole rings is 1. The topological polar surface area (TPSA) is 80.4 Å². The molecule has 0 atom stereocenters. The van der Waals surface area contributed by atoms with Gasteiger partial charge in [0.1, 0.15) is 6.54 Å². The highest BCUT2D eigenvalue weighted by molar-refractivity contribution is 5.97. The van der Waals surface area contributed by atoms with Crippen LogP contribution in [0.4, 0.5) is 5.95 Å². The lowest BCUT2D eigenvalue weighted by molar-refractivity contribution is -0.117. The van der Waals surface area contributed by atoms with Crippen LogP contribution >= 0.6 is 0 Å². The first-order chi connectivity index (χ1) is 16.6. The van der Waals surface area contributed by atoms with Crippen molar-refractivity contribution < 1.29 is 14.0 Å². The van der Waals surface area contributed by atoms with Crippen LogP contribution in [0.3, 0.4) is 0 Å². The van der Waals surface area contributed by atoms with Crippen LogP contribution < -0.4 is 5.32 Å². The number of carbonyl (C=O) groups excluding carboxylic acids is 2. The number of carbonyl (C=O) groups is 2. The van der Waals surface area contributed by atoms with Crippen molar-refractivity contribution in [2.45, 2.75) is 19.8 Å². The van der Waals surface area contributed by atoms with Crippen LogP contribution in [0.1, 0.15) is 29.0 Å². The van der Waals surface area contributed by atoms with E-state index in [0.717, 1.165) is 35.3 Å². The molecular weight excluding hydrogens is 428 g/mol. The van der Waals surface area contributed by atoms with Crippen LogP contribution in [0, 0.1) is 12.8 Å². The van der Waals surface area contributed by atoms with E-state index in [9.17, 15) is 9.59 Å². The van der Waals surface area contributed by atoms with Gasteiger partial charge in [-0.05, 0) is 49.9 Å². The quantitative estimate of drug-likeness (QED) is 0.409. The molecule has 1 aliphatic carbocycles. The summed E-state index contributed by atoms with van der Waals surface area (Å²) in [6, 6.07) is 21.1. The van der Waals surface area contributed by atoms with Gasteiger partial charge in [-0.2, -0.15) is 0 Å². The van der Waals surface area contributed by atoms with Gasteiger partial charge in [-0.3, -0.25) is 19.5 Å². The summed E-state index contributed by atoms with van der Waals surface area (Å²) in [5, 5.41) is 2.93. The number of anilines is 1. The fourth-order valence-corrected chi connectivity index (χ4v) is 3.84. The Balaban J connectivity index is 1.40. The maximum Gasteiger partial charge on any atom is 0.290 e. The molecule has 2 amide bonds. The number of aryl methyl sites for hydroxylation is 1. The summed E-state index contributed by atoms with van der Waals surface area (Å²) < 4.78 is 7.14. The number of rotatable bonds is 8. The van der Waals surface area contributed by atoms with Crippen molar-refractivity contribution in [1.82, 2.24) is 14.5 Å². The molecule has 0 saturated heterocycles. The first-order valence-electron chi connectivity index (χ1n) is 11.4. The molecule has 172 valence electrons. The molecule has 0 aliphatic heterocycles. The fourth-order valence-electron chi connectivity index (χ4n) is 3.84. The number of hydrogen-bond acceptors (Lipinski definition) is 4. The molecule has 1 N–H and O–H groups in total. The van der Waals surface area contributed by atoms with Gasteiger partial charge in [0, 0.05) is 24.0 Å². The molecule has 0 spiro atoms. The third kappa shape index (κ3) is 4.93. The summed E-state index contributed by atoms with van der Waals surface area (Å²) in [5.41, 5.74) is 3.73. The Labute approximate surface area is 198 Å². The van der Waals surface area contributed by atoms with E-state index >= 15 is 0 Å². The third-order valence-electron chi connectivity index (χ3n) is 5.87. The highest BCUT2D eigenvalue weighted by Crippen LogP contribution is 2.30. The lowest BCUT2D eigenvalue weighted by Crippen LogP contribution is -2.39. The van der Waals surface area contributed by atoms with Gasteiger partial charge in [0.2, 0.25) is 11.9 Å².